The number of nitrogens with zero attached hydrogens (tertiary/aromatic N) is 2. The van der Waals surface area contributed by atoms with Gasteiger partial charge in [-0.1, -0.05) is 17.7 Å². The number of carbonyl (C=O) groups is 1. The molecule has 90 valence electrons. The zero-order valence-electron chi connectivity index (χ0n) is 9.57. The second-order valence-electron chi connectivity index (χ2n) is 3.74. The molecular formula is C11H13ClN4O. The number of rotatable bonds is 2. The van der Waals surface area contributed by atoms with E-state index in [1.807, 2.05) is 6.07 Å². The van der Waals surface area contributed by atoms with Crippen molar-refractivity contribution < 1.29 is 4.79 Å². The fraction of sp³-hybridized carbons (Fsp3) is 0.273. The van der Waals surface area contributed by atoms with Crippen LogP contribution in [0.5, 0.6) is 0 Å². The van der Waals surface area contributed by atoms with Gasteiger partial charge in [0.05, 0.1) is 16.1 Å². The van der Waals surface area contributed by atoms with Crippen LogP contribution in [0.2, 0.25) is 5.02 Å². The summed E-state index contributed by atoms with van der Waals surface area (Å²) in [7, 11) is 1.58. The summed E-state index contributed by atoms with van der Waals surface area (Å²) in [5.41, 5.74) is 7.20. The van der Waals surface area contributed by atoms with Crippen molar-refractivity contribution in [1.29, 1.82) is 0 Å². The van der Waals surface area contributed by atoms with Crippen molar-refractivity contribution in [3.63, 3.8) is 0 Å². The number of nitrogens with two attached hydrogens (primary N) is 1. The number of fused-ring (bicyclic) bond motifs is 1. The van der Waals surface area contributed by atoms with Crippen molar-refractivity contribution in [1.82, 2.24) is 14.9 Å². The van der Waals surface area contributed by atoms with Crippen LogP contribution in [0.15, 0.2) is 18.2 Å². The fourth-order valence-electron chi connectivity index (χ4n) is 1.84. The first kappa shape index (κ1) is 11.7. The number of nitrogen functional groups attached to an aromatic ring is 1. The van der Waals surface area contributed by atoms with Crippen molar-refractivity contribution in [2.45, 2.75) is 13.0 Å². The predicted molar refractivity (Wildman–Crippen MR) is 67.9 cm³/mol. The van der Waals surface area contributed by atoms with Crippen molar-refractivity contribution in [2.75, 3.05) is 12.8 Å². The van der Waals surface area contributed by atoms with Crippen molar-refractivity contribution >= 4 is 34.5 Å². The molecule has 0 bridgehead atoms. The molecule has 1 atom stereocenters. The van der Waals surface area contributed by atoms with Crippen LogP contribution in [0.3, 0.4) is 0 Å². The Balaban J connectivity index is 2.68. The molecule has 0 spiro atoms. The molecule has 1 aromatic carbocycles. The number of para-hydroxylation sites is 1. The molecule has 17 heavy (non-hydrogen) atoms. The van der Waals surface area contributed by atoms with Gasteiger partial charge in [-0.15, -0.1) is 0 Å². The first-order chi connectivity index (χ1) is 8.06. The Morgan fingerprint density at radius 3 is 2.94 bits per heavy atom. The van der Waals surface area contributed by atoms with Gasteiger partial charge in [0.2, 0.25) is 11.9 Å². The average molecular weight is 253 g/mol. The van der Waals surface area contributed by atoms with Crippen LogP contribution in [-0.2, 0) is 4.79 Å². The molecule has 0 radical (unpaired) electrons. The third-order valence-electron chi connectivity index (χ3n) is 2.70. The maximum atomic E-state index is 11.7. The number of carbonyl (C=O) groups excluding carboxylic acids is 1. The summed E-state index contributed by atoms with van der Waals surface area (Å²) in [6, 6.07) is 4.90. The van der Waals surface area contributed by atoms with E-state index in [9.17, 15) is 4.79 Å². The summed E-state index contributed by atoms with van der Waals surface area (Å²) in [6.07, 6.45) is 0. The second-order valence-corrected chi connectivity index (χ2v) is 4.14. The van der Waals surface area contributed by atoms with E-state index >= 15 is 0 Å². The van der Waals surface area contributed by atoms with Gasteiger partial charge in [0.25, 0.3) is 0 Å². The first-order valence-electron chi connectivity index (χ1n) is 5.19. The lowest BCUT2D eigenvalue weighted by Crippen LogP contribution is -2.28. The molecule has 0 aliphatic carbocycles. The van der Waals surface area contributed by atoms with Crippen LogP contribution < -0.4 is 11.1 Å². The van der Waals surface area contributed by atoms with Crippen molar-refractivity contribution in [3.8, 4) is 0 Å². The minimum Gasteiger partial charge on any atom is -0.369 e. The summed E-state index contributed by atoms with van der Waals surface area (Å²) in [5.74, 6) is 0.139. The summed E-state index contributed by atoms with van der Waals surface area (Å²) >= 11 is 6.12. The molecule has 0 aliphatic rings. The summed E-state index contributed by atoms with van der Waals surface area (Å²) < 4.78 is 1.64. The Bertz CT molecular complexity index is 578. The molecule has 0 saturated heterocycles. The number of likely N-dealkylation sites (N-methyl/N-ethyl adjacent to an activating group) is 1. The number of anilines is 1. The summed E-state index contributed by atoms with van der Waals surface area (Å²) in [5, 5.41) is 3.11. The van der Waals surface area contributed by atoms with Crippen LogP contribution in [0.1, 0.15) is 13.0 Å². The van der Waals surface area contributed by atoms with Crippen LogP contribution in [0.25, 0.3) is 11.0 Å². The fourth-order valence-corrected chi connectivity index (χ4v) is 2.10. The molecule has 2 aromatic rings. The molecule has 0 saturated carbocycles. The van der Waals surface area contributed by atoms with E-state index in [4.69, 9.17) is 17.3 Å². The SMILES string of the molecule is CNC(=O)C(C)n1c(N)nc2cccc(Cl)c21. The van der Waals surface area contributed by atoms with Crippen LogP contribution >= 0.6 is 11.6 Å². The summed E-state index contributed by atoms with van der Waals surface area (Å²) in [4.78, 5) is 15.8. The van der Waals surface area contributed by atoms with Gasteiger partial charge in [0.1, 0.15) is 6.04 Å². The highest BCUT2D eigenvalue weighted by Crippen LogP contribution is 2.28. The molecule has 0 aliphatic heterocycles. The number of halogens is 1. The van der Waals surface area contributed by atoms with Crippen LogP contribution in [0.4, 0.5) is 5.95 Å². The van der Waals surface area contributed by atoms with Gasteiger partial charge < -0.3 is 11.1 Å². The monoisotopic (exact) mass is 252 g/mol. The van der Waals surface area contributed by atoms with Crippen molar-refractivity contribution in [2.24, 2.45) is 0 Å². The molecule has 3 N–H and O–H groups in total. The number of benzene rings is 1. The molecular weight excluding hydrogens is 240 g/mol. The molecule has 6 heteroatoms. The van der Waals surface area contributed by atoms with E-state index in [-0.39, 0.29) is 11.9 Å². The number of nitrogens with one attached hydrogen (secondary N) is 1. The highest BCUT2D eigenvalue weighted by molar-refractivity contribution is 6.35. The van der Waals surface area contributed by atoms with E-state index < -0.39 is 6.04 Å². The van der Waals surface area contributed by atoms with Gasteiger partial charge >= 0.3 is 0 Å². The molecule has 5 nitrogen and oxygen atoms in total. The molecule has 2 rings (SSSR count). The van der Waals surface area contributed by atoms with Gasteiger partial charge in [0, 0.05) is 7.05 Å². The Morgan fingerprint density at radius 2 is 2.29 bits per heavy atom. The average Bonchev–Trinajstić information content (AvgIpc) is 2.65. The van der Waals surface area contributed by atoms with Gasteiger partial charge in [0.15, 0.2) is 0 Å². The highest BCUT2D eigenvalue weighted by atomic mass is 35.5. The molecule has 1 heterocycles. The quantitative estimate of drug-likeness (QED) is 0.852. The lowest BCUT2D eigenvalue weighted by Gasteiger charge is -2.14. The number of hydrogen-bond acceptors (Lipinski definition) is 3. The van der Waals surface area contributed by atoms with Gasteiger partial charge in [-0.3, -0.25) is 9.36 Å². The molecule has 1 aromatic heterocycles. The Morgan fingerprint density at radius 1 is 1.59 bits per heavy atom. The highest BCUT2D eigenvalue weighted by Gasteiger charge is 2.20. The molecule has 1 amide bonds. The zero-order chi connectivity index (χ0) is 12.6. The van der Waals surface area contributed by atoms with E-state index in [1.165, 1.54) is 0 Å². The Hall–Kier alpha value is -1.75. The van der Waals surface area contributed by atoms with E-state index in [0.29, 0.717) is 16.1 Å². The zero-order valence-corrected chi connectivity index (χ0v) is 10.3. The van der Waals surface area contributed by atoms with Gasteiger partial charge in [-0.2, -0.15) is 0 Å². The molecule has 1 unspecified atom stereocenters. The minimum absolute atomic E-state index is 0.143. The van der Waals surface area contributed by atoms with Gasteiger partial charge in [-0.25, -0.2) is 4.98 Å². The topological polar surface area (TPSA) is 72.9 Å². The Kier molecular flexibility index (Phi) is 2.93. The van der Waals surface area contributed by atoms with Crippen LogP contribution in [0, 0.1) is 0 Å². The third kappa shape index (κ3) is 1.82. The van der Waals surface area contributed by atoms with Crippen LogP contribution in [-0.4, -0.2) is 22.5 Å². The number of hydrogen-bond donors (Lipinski definition) is 2. The second kappa shape index (κ2) is 4.25. The standard InChI is InChI=1S/C11H13ClN4O/c1-6(10(17)14-2)16-9-7(12)4-3-5-8(9)15-11(16)13/h3-6H,1-2H3,(H2,13,15)(H,14,17). The summed E-state index contributed by atoms with van der Waals surface area (Å²) in [6.45, 7) is 1.75. The smallest absolute Gasteiger partial charge is 0.242 e. The number of amides is 1. The largest absolute Gasteiger partial charge is 0.369 e. The van der Waals surface area contributed by atoms with E-state index in [1.54, 1.807) is 30.7 Å². The predicted octanol–water partition coefficient (Wildman–Crippen LogP) is 1.58. The lowest BCUT2D eigenvalue weighted by atomic mass is 10.2. The van der Waals surface area contributed by atoms with Crippen molar-refractivity contribution in [3.05, 3.63) is 23.2 Å². The molecule has 0 fully saturated rings. The first-order valence-corrected chi connectivity index (χ1v) is 5.57. The minimum atomic E-state index is -0.454. The number of aromatic nitrogens is 2. The maximum Gasteiger partial charge on any atom is 0.242 e. The van der Waals surface area contributed by atoms with Gasteiger partial charge in [-0.05, 0) is 19.1 Å². The van der Waals surface area contributed by atoms with E-state index in [0.717, 1.165) is 0 Å². The normalized spacial score (nSPS) is 12.6. The number of imidazole rings is 1. The Labute approximate surface area is 104 Å². The maximum absolute atomic E-state index is 11.7. The lowest BCUT2D eigenvalue weighted by molar-refractivity contribution is -0.123. The third-order valence-corrected chi connectivity index (χ3v) is 3.01. The van der Waals surface area contributed by atoms with E-state index in [2.05, 4.69) is 10.3 Å².